The molecule has 1 aromatic carbocycles. The van der Waals surface area contributed by atoms with Crippen LogP contribution in [0.2, 0.25) is 0 Å². The molecule has 1 amide bonds. The lowest BCUT2D eigenvalue weighted by molar-refractivity contribution is 0.0559. The summed E-state index contributed by atoms with van der Waals surface area (Å²) < 4.78 is 15.7. The summed E-state index contributed by atoms with van der Waals surface area (Å²) in [4.78, 5) is 21.7. The first-order chi connectivity index (χ1) is 12.7. The highest BCUT2D eigenvalue weighted by Crippen LogP contribution is 2.23. The lowest BCUT2D eigenvalue weighted by Crippen LogP contribution is -2.52. The molecule has 2 aliphatic heterocycles. The topological polar surface area (TPSA) is 54.3 Å². The van der Waals surface area contributed by atoms with Gasteiger partial charge in [0.25, 0.3) is 5.91 Å². The number of aromatic nitrogens is 3. The van der Waals surface area contributed by atoms with Gasteiger partial charge in [0.05, 0.1) is 0 Å². The van der Waals surface area contributed by atoms with Crippen LogP contribution in [0, 0.1) is 5.82 Å². The Morgan fingerprint density at radius 2 is 2.12 bits per heavy atom. The van der Waals surface area contributed by atoms with Gasteiger partial charge in [0.1, 0.15) is 17.3 Å². The fourth-order valence-electron chi connectivity index (χ4n) is 3.95. The number of para-hydroxylation sites is 1. The van der Waals surface area contributed by atoms with Crippen LogP contribution in [-0.4, -0.2) is 62.7 Å². The van der Waals surface area contributed by atoms with Crippen LogP contribution in [0.1, 0.15) is 42.6 Å². The fourth-order valence-corrected chi connectivity index (χ4v) is 3.95. The first kappa shape index (κ1) is 17.1. The lowest BCUT2D eigenvalue weighted by atomic mass is 10.1. The molecule has 2 saturated heterocycles. The zero-order valence-corrected chi connectivity index (χ0v) is 15.1. The molecule has 0 radical (unpaired) electrons. The van der Waals surface area contributed by atoms with Crippen molar-refractivity contribution in [3.8, 4) is 5.69 Å². The Labute approximate surface area is 152 Å². The van der Waals surface area contributed by atoms with Crippen LogP contribution >= 0.6 is 0 Å². The number of hydrogen-bond acceptors (Lipinski definition) is 4. The van der Waals surface area contributed by atoms with E-state index in [9.17, 15) is 9.18 Å². The number of carbonyl (C=O) groups is 1. The standard InChI is InChI=1S/C19H24FN5O/c1-2-6-17-21-18(22-25(17)16-9-4-3-8-15(16)20)19(26)24-12-11-23-10-5-7-14(23)13-24/h3-4,8-9,14H,2,5-7,10-13H2,1H3. The van der Waals surface area contributed by atoms with Gasteiger partial charge in [-0.1, -0.05) is 19.1 Å². The van der Waals surface area contributed by atoms with Gasteiger partial charge in [-0.15, -0.1) is 5.10 Å². The van der Waals surface area contributed by atoms with Crippen LogP contribution in [0.15, 0.2) is 24.3 Å². The third kappa shape index (κ3) is 3.11. The molecule has 2 aliphatic rings. The summed E-state index contributed by atoms with van der Waals surface area (Å²) in [6.45, 7) is 5.50. The Balaban J connectivity index is 1.61. The van der Waals surface area contributed by atoms with Crippen molar-refractivity contribution in [3.05, 3.63) is 41.7 Å². The van der Waals surface area contributed by atoms with E-state index in [0.29, 0.717) is 30.5 Å². The summed E-state index contributed by atoms with van der Waals surface area (Å²) in [5.74, 6) is 0.279. The highest BCUT2D eigenvalue weighted by Gasteiger charge is 2.34. The molecule has 1 unspecified atom stereocenters. The number of amides is 1. The second kappa shape index (κ2) is 7.15. The highest BCUT2D eigenvalue weighted by atomic mass is 19.1. The molecule has 26 heavy (non-hydrogen) atoms. The molecule has 6 nitrogen and oxygen atoms in total. The van der Waals surface area contributed by atoms with Crippen LogP contribution < -0.4 is 0 Å². The molecule has 2 aromatic rings. The van der Waals surface area contributed by atoms with Crippen molar-refractivity contribution in [3.63, 3.8) is 0 Å². The SMILES string of the molecule is CCCc1nc(C(=O)N2CCN3CCCC3C2)nn1-c1ccccc1F. The van der Waals surface area contributed by atoms with Gasteiger partial charge in [-0.3, -0.25) is 9.69 Å². The maximum absolute atomic E-state index is 14.2. The smallest absolute Gasteiger partial charge is 0.293 e. The number of fused-ring (bicyclic) bond motifs is 1. The summed E-state index contributed by atoms with van der Waals surface area (Å²) in [6, 6.07) is 6.91. The molecule has 3 heterocycles. The number of hydrogen-bond donors (Lipinski definition) is 0. The summed E-state index contributed by atoms with van der Waals surface area (Å²) >= 11 is 0. The molecule has 1 atom stereocenters. The van der Waals surface area contributed by atoms with Gasteiger partial charge < -0.3 is 4.90 Å². The van der Waals surface area contributed by atoms with Gasteiger partial charge in [0.2, 0.25) is 5.82 Å². The van der Waals surface area contributed by atoms with E-state index in [2.05, 4.69) is 15.0 Å². The average Bonchev–Trinajstić information content (AvgIpc) is 3.28. The van der Waals surface area contributed by atoms with Crippen LogP contribution in [0.4, 0.5) is 4.39 Å². The first-order valence-corrected chi connectivity index (χ1v) is 9.41. The van der Waals surface area contributed by atoms with Crippen molar-refractivity contribution in [2.75, 3.05) is 26.2 Å². The van der Waals surface area contributed by atoms with Crippen LogP contribution in [-0.2, 0) is 6.42 Å². The Morgan fingerprint density at radius 3 is 2.92 bits per heavy atom. The molecule has 0 N–H and O–H groups in total. The van der Waals surface area contributed by atoms with Crippen molar-refractivity contribution in [1.82, 2.24) is 24.6 Å². The van der Waals surface area contributed by atoms with E-state index in [0.717, 1.165) is 32.5 Å². The second-order valence-corrected chi connectivity index (χ2v) is 7.05. The quantitative estimate of drug-likeness (QED) is 0.842. The third-order valence-electron chi connectivity index (χ3n) is 5.29. The van der Waals surface area contributed by atoms with E-state index in [-0.39, 0.29) is 17.5 Å². The molecule has 7 heteroatoms. The van der Waals surface area contributed by atoms with Gasteiger partial charge >= 0.3 is 0 Å². The first-order valence-electron chi connectivity index (χ1n) is 9.41. The van der Waals surface area contributed by atoms with Crippen molar-refractivity contribution in [2.45, 2.75) is 38.6 Å². The molecule has 0 saturated carbocycles. The largest absolute Gasteiger partial charge is 0.333 e. The number of rotatable bonds is 4. The fraction of sp³-hybridized carbons (Fsp3) is 0.526. The number of benzene rings is 1. The minimum absolute atomic E-state index is 0.149. The predicted octanol–water partition coefficient (Wildman–Crippen LogP) is 2.28. The Bertz CT molecular complexity index is 805. The minimum atomic E-state index is -0.367. The number of nitrogens with zero attached hydrogens (tertiary/aromatic N) is 5. The maximum atomic E-state index is 14.2. The van der Waals surface area contributed by atoms with Crippen molar-refractivity contribution < 1.29 is 9.18 Å². The number of carbonyl (C=O) groups excluding carboxylic acids is 1. The maximum Gasteiger partial charge on any atom is 0.293 e. The predicted molar refractivity (Wildman–Crippen MR) is 95.8 cm³/mol. The van der Waals surface area contributed by atoms with Crippen LogP contribution in [0.25, 0.3) is 5.69 Å². The number of aryl methyl sites for hydroxylation is 1. The molecule has 1 aromatic heterocycles. The van der Waals surface area contributed by atoms with Crippen molar-refractivity contribution >= 4 is 5.91 Å². The lowest BCUT2D eigenvalue weighted by Gasteiger charge is -2.36. The number of halogens is 1. The van der Waals surface area contributed by atoms with Gasteiger partial charge in [-0.05, 0) is 37.9 Å². The summed E-state index contributed by atoms with van der Waals surface area (Å²) in [6.07, 6.45) is 3.84. The third-order valence-corrected chi connectivity index (χ3v) is 5.29. The van der Waals surface area contributed by atoms with Gasteiger partial charge in [0, 0.05) is 32.1 Å². The van der Waals surface area contributed by atoms with Crippen molar-refractivity contribution in [1.29, 1.82) is 0 Å². The monoisotopic (exact) mass is 357 g/mol. The molecule has 2 fully saturated rings. The molecule has 138 valence electrons. The zero-order chi connectivity index (χ0) is 18.1. The minimum Gasteiger partial charge on any atom is -0.333 e. The molecular formula is C19H24FN5O. The molecule has 0 bridgehead atoms. The molecule has 0 spiro atoms. The van der Waals surface area contributed by atoms with Crippen molar-refractivity contribution in [2.24, 2.45) is 0 Å². The van der Waals surface area contributed by atoms with Gasteiger partial charge in [-0.25, -0.2) is 14.1 Å². The Hall–Kier alpha value is -2.28. The van der Waals surface area contributed by atoms with Gasteiger partial charge in [0.15, 0.2) is 0 Å². The van der Waals surface area contributed by atoms with E-state index in [4.69, 9.17) is 0 Å². The second-order valence-electron chi connectivity index (χ2n) is 7.05. The summed E-state index contributed by atoms with van der Waals surface area (Å²) in [5.41, 5.74) is 0.336. The zero-order valence-electron chi connectivity index (χ0n) is 15.1. The molecule has 0 aliphatic carbocycles. The highest BCUT2D eigenvalue weighted by molar-refractivity contribution is 5.90. The van der Waals surface area contributed by atoms with E-state index in [1.54, 1.807) is 18.2 Å². The molecule has 4 rings (SSSR count). The molecular weight excluding hydrogens is 333 g/mol. The van der Waals surface area contributed by atoms with E-state index >= 15 is 0 Å². The van der Waals surface area contributed by atoms with Crippen LogP contribution in [0.5, 0.6) is 0 Å². The number of piperazine rings is 1. The summed E-state index contributed by atoms with van der Waals surface area (Å²) in [5, 5.41) is 4.38. The average molecular weight is 357 g/mol. The summed E-state index contributed by atoms with van der Waals surface area (Å²) in [7, 11) is 0. The van der Waals surface area contributed by atoms with Crippen LogP contribution in [0.3, 0.4) is 0 Å². The Kier molecular flexibility index (Phi) is 4.72. The van der Waals surface area contributed by atoms with E-state index in [1.807, 2.05) is 11.8 Å². The Morgan fingerprint density at radius 1 is 1.27 bits per heavy atom. The van der Waals surface area contributed by atoms with E-state index in [1.165, 1.54) is 17.2 Å². The van der Waals surface area contributed by atoms with Gasteiger partial charge in [-0.2, -0.15) is 0 Å². The normalized spacial score (nSPS) is 20.4. The van der Waals surface area contributed by atoms with E-state index < -0.39 is 0 Å².